The smallest absolute Gasteiger partial charge is 0.317 e. The van der Waals surface area contributed by atoms with E-state index in [0.29, 0.717) is 5.88 Å². The van der Waals surface area contributed by atoms with E-state index in [2.05, 4.69) is 17.9 Å². The van der Waals surface area contributed by atoms with Crippen molar-refractivity contribution in [1.29, 1.82) is 0 Å². The van der Waals surface area contributed by atoms with Crippen LogP contribution in [0.15, 0.2) is 0 Å². The Labute approximate surface area is 54.5 Å². The molecule has 1 N–H and O–H groups in total. The monoisotopic (exact) mass is 134 g/mol. The molecule has 0 aliphatic heterocycles. The third-order valence-corrected chi connectivity index (χ3v) is 1.20. The van der Waals surface area contributed by atoms with Crippen LogP contribution in [-0.4, -0.2) is 30.9 Å². The normalized spacial score (nSPS) is 8.38. The average molecular weight is 134 g/mol. The Bertz CT molecular complexity index is 86.1. The van der Waals surface area contributed by atoms with Gasteiger partial charge < -0.3 is 10.2 Å². The summed E-state index contributed by atoms with van der Waals surface area (Å²) in [7, 11) is 3.26. The Morgan fingerprint density at radius 2 is 2.38 bits per heavy atom. The summed E-state index contributed by atoms with van der Waals surface area (Å²) in [6, 6.07) is -0.111. The Hall–Kier alpha value is -0.380. The van der Waals surface area contributed by atoms with Gasteiger partial charge in [0.25, 0.3) is 0 Å². The van der Waals surface area contributed by atoms with E-state index < -0.39 is 0 Å². The zero-order valence-electron chi connectivity index (χ0n) is 5.01. The first-order valence-electron chi connectivity index (χ1n) is 2.26. The first-order valence-corrected chi connectivity index (χ1v) is 2.89. The number of nitrogens with one attached hydrogen (secondary N) is 1. The van der Waals surface area contributed by atoms with Crippen LogP contribution in [0.5, 0.6) is 0 Å². The van der Waals surface area contributed by atoms with E-state index >= 15 is 0 Å². The largest absolute Gasteiger partial charge is 0.341 e. The molecular formula is C4H10N2OS. The van der Waals surface area contributed by atoms with Gasteiger partial charge in [-0.15, -0.1) is 0 Å². The number of thiol groups is 1. The van der Waals surface area contributed by atoms with Gasteiger partial charge in [-0.2, -0.15) is 12.6 Å². The van der Waals surface area contributed by atoms with Crippen molar-refractivity contribution < 1.29 is 4.79 Å². The molecule has 0 unspecified atom stereocenters. The second-order valence-electron chi connectivity index (χ2n) is 1.39. The van der Waals surface area contributed by atoms with Crippen LogP contribution in [0, 0.1) is 0 Å². The Morgan fingerprint density at radius 1 is 1.88 bits per heavy atom. The molecule has 0 rings (SSSR count). The second-order valence-corrected chi connectivity index (χ2v) is 1.68. The summed E-state index contributed by atoms with van der Waals surface area (Å²) in [5, 5.41) is 2.45. The van der Waals surface area contributed by atoms with E-state index in [4.69, 9.17) is 0 Å². The van der Waals surface area contributed by atoms with E-state index in [-0.39, 0.29) is 6.03 Å². The van der Waals surface area contributed by atoms with E-state index in [1.54, 1.807) is 14.1 Å². The molecule has 0 heterocycles. The maximum absolute atomic E-state index is 10.5. The van der Waals surface area contributed by atoms with Crippen LogP contribution in [0.2, 0.25) is 0 Å². The van der Waals surface area contributed by atoms with Crippen molar-refractivity contribution in [2.75, 3.05) is 20.0 Å². The van der Waals surface area contributed by atoms with Crippen LogP contribution >= 0.6 is 12.6 Å². The minimum Gasteiger partial charge on any atom is -0.341 e. The van der Waals surface area contributed by atoms with Gasteiger partial charge in [0.15, 0.2) is 0 Å². The fourth-order valence-electron chi connectivity index (χ4n) is 0.255. The number of urea groups is 1. The van der Waals surface area contributed by atoms with E-state index in [0.717, 1.165) is 0 Å². The fraction of sp³-hybridized carbons (Fsp3) is 0.750. The molecule has 0 aromatic heterocycles. The van der Waals surface area contributed by atoms with Gasteiger partial charge in [0.2, 0.25) is 0 Å². The van der Waals surface area contributed by atoms with Crippen LogP contribution < -0.4 is 5.32 Å². The van der Waals surface area contributed by atoms with Crippen LogP contribution in [0.4, 0.5) is 4.79 Å². The Morgan fingerprint density at radius 3 is 2.50 bits per heavy atom. The molecule has 0 bridgehead atoms. The van der Waals surface area contributed by atoms with E-state index in [1.165, 1.54) is 4.90 Å². The summed E-state index contributed by atoms with van der Waals surface area (Å²) in [6.45, 7) is 0. The number of nitrogens with zero attached hydrogens (tertiary/aromatic N) is 1. The summed E-state index contributed by atoms with van der Waals surface area (Å²) < 4.78 is 0. The molecule has 0 aliphatic carbocycles. The topological polar surface area (TPSA) is 32.3 Å². The Kier molecular flexibility index (Phi) is 3.43. The van der Waals surface area contributed by atoms with Crippen molar-refractivity contribution in [2.45, 2.75) is 0 Å². The number of amides is 2. The molecular weight excluding hydrogens is 124 g/mol. The third-order valence-electron chi connectivity index (χ3n) is 0.773. The van der Waals surface area contributed by atoms with Crippen molar-refractivity contribution in [3.05, 3.63) is 0 Å². The maximum Gasteiger partial charge on any atom is 0.317 e. The van der Waals surface area contributed by atoms with Gasteiger partial charge in [-0.05, 0) is 0 Å². The zero-order valence-corrected chi connectivity index (χ0v) is 5.90. The molecule has 8 heavy (non-hydrogen) atoms. The lowest BCUT2D eigenvalue weighted by molar-refractivity contribution is 0.218. The second kappa shape index (κ2) is 3.60. The first kappa shape index (κ1) is 7.62. The van der Waals surface area contributed by atoms with Gasteiger partial charge in [0, 0.05) is 14.1 Å². The number of carbonyl (C=O) groups excluding carboxylic acids is 1. The number of carbonyl (C=O) groups is 1. The highest BCUT2D eigenvalue weighted by atomic mass is 32.1. The zero-order chi connectivity index (χ0) is 6.57. The van der Waals surface area contributed by atoms with Crippen LogP contribution in [0.1, 0.15) is 0 Å². The number of hydrogen-bond donors (Lipinski definition) is 2. The minimum absolute atomic E-state index is 0.111. The van der Waals surface area contributed by atoms with E-state index in [9.17, 15) is 4.79 Å². The SMILES string of the molecule is CNC(=O)N(C)CS. The van der Waals surface area contributed by atoms with Crippen LogP contribution in [0.3, 0.4) is 0 Å². The van der Waals surface area contributed by atoms with Crippen molar-refractivity contribution in [2.24, 2.45) is 0 Å². The predicted molar refractivity (Wildman–Crippen MR) is 36.1 cm³/mol. The highest BCUT2D eigenvalue weighted by Crippen LogP contribution is 1.83. The summed E-state index contributed by atoms with van der Waals surface area (Å²) >= 11 is 3.87. The molecule has 48 valence electrons. The highest BCUT2D eigenvalue weighted by molar-refractivity contribution is 7.80. The van der Waals surface area contributed by atoms with Crippen LogP contribution in [0.25, 0.3) is 0 Å². The molecule has 0 saturated carbocycles. The lowest BCUT2D eigenvalue weighted by atomic mass is 10.8. The van der Waals surface area contributed by atoms with Gasteiger partial charge in [-0.3, -0.25) is 0 Å². The van der Waals surface area contributed by atoms with Crippen molar-refractivity contribution >= 4 is 18.7 Å². The molecule has 0 radical (unpaired) electrons. The molecule has 0 fully saturated rings. The molecule has 0 aliphatic rings. The molecule has 0 saturated heterocycles. The van der Waals surface area contributed by atoms with Gasteiger partial charge in [0.05, 0.1) is 5.88 Å². The van der Waals surface area contributed by atoms with Gasteiger partial charge >= 0.3 is 6.03 Å². The third kappa shape index (κ3) is 2.07. The van der Waals surface area contributed by atoms with Crippen LogP contribution in [-0.2, 0) is 0 Å². The molecule has 0 spiro atoms. The average Bonchev–Trinajstić information content (AvgIpc) is 1.84. The Balaban J connectivity index is 3.46. The summed E-state index contributed by atoms with van der Waals surface area (Å²) in [5.74, 6) is 0.444. The molecule has 0 atom stereocenters. The van der Waals surface area contributed by atoms with Gasteiger partial charge in [-0.25, -0.2) is 4.79 Å². The first-order chi connectivity index (χ1) is 3.72. The fourth-order valence-corrected chi connectivity index (χ4v) is 0.384. The molecule has 2 amide bonds. The predicted octanol–water partition coefficient (Wildman–Crippen LogP) is 0.145. The standard InChI is InChI=1S/C4H10N2OS/c1-5-4(7)6(2)3-8/h8H,3H2,1-2H3,(H,5,7). The van der Waals surface area contributed by atoms with Crippen molar-refractivity contribution in [1.82, 2.24) is 10.2 Å². The van der Waals surface area contributed by atoms with Gasteiger partial charge in [-0.1, -0.05) is 0 Å². The molecule has 0 aromatic rings. The van der Waals surface area contributed by atoms with E-state index in [1.807, 2.05) is 0 Å². The molecule has 4 heteroatoms. The highest BCUT2D eigenvalue weighted by Gasteiger charge is 1.99. The number of hydrogen-bond acceptors (Lipinski definition) is 2. The van der Waals surface area contributed by atoms with Gasteiger partial charge in [0.1, 0.15) is 0 Å². The number of rotatable bonds is 1. The van der Waals surface area contributed by atoms with Crippen molar-refractivity contribution in [3.8, 4) is 0 Å². The lowest BCUT2D eigenvalue weighted by Crippen LogP contribution is -2.33. The summed E-state index contributed by atoms with van der Waals surface area (Å²) in [5.41, 5.74) is 0. The summed E-state index contributed by atoms with van der Waals surface area (Å²) in [4.78, 5) is 12.0. The minimum atomic E-state index is -0.111. The quantitative estimate of drug-likeness (QED) is 0.388. The lowest BCUT2D eigenvalue weighted by Gasteiger charge is -2.11. The maximum atomic E-state index is 10.5. The molecule has 0 aromatic carbocycles. The molecule has 3 nitrogen and oxygen atoms in total. The van der Waals surface area contributed by atoms with Crippen molar-refractivity contribution in [3.63, 3.8) is 0 Å². The summed E-state index contributed by atoms with van der Waals surface area (Å²) in [6.07, 6.45) is 0.